The predicted molar refractivity (Wildman–Crippen MR) is 75.1 cm³/mol. The molecule has 24 heavy (non-hydrogen) atoms. The van der Waals surface area contributed by atoms with Crippen LogP contribution in [0.4, 0.5) is 18.9 Å². The molecule has 0 unspecified atom stereocenters. The highest BCUT2D eigenvalue weighted by molar-refractivity contribution is 7.88. The summed E-state index contributed by atoms with van der Waals surface area (Å²) in [7, 11) is -3.63. The lowest BCUT2D eigenvalue weighted by Crippen LogP contribution is -2.33. The van der Waals surface area contributed by atoms with E-state index in [9.17, 15) is 31.2 Å². The number of esters is 1. The second-order valence-corrected chi connectivity index (χ2v) is 6.41. The van der Waals surface area contributed by atoms with Gasteiger partial charge < -0.3 is 13.8 Å². The predicted octanol–water partition coefficient (Wildman–Crippen LogP) is 1.61. The van der Waals surface area contributed by atoms with Crippen molar-refractivity contribution in [3.63, 3.8) is 0 Å². The fourth-order valence-electron chi connectivity index (χ4n) is 2.23. The van der Waals surface area contributed by atoms with Crippen molar-refractivity contribution in [2.75, 3.05) is 19.1 Å². The zero-order valence-corrected chi connectivity index (χ0v) is 13.3. The monoisotopic (exact) mass is 367 g/mol. The van der Waals surface area contributed by atoms with Crippen LogP contribution in [0, 0.1) is 0 Å². The van der Waals surface area contributed by atoms with Crippen LogP contribution < -0.4 is 9.08 Å². The topological polar surface area (TPSA) is 90.0 Å². The van der Waals surface area contributed by atoms with E-state index in [1.54, 1.807) is 0 Å². The quantitative estimate of drug-likeness (QED) is 0.458. The van der Waals surface area contributed by atoms with Gasteiger partial charge in [0.15, 0.2) is 5.75 Å². The van der Waals surface area contributed by atoms with Crippen LogP contribution >= 0.6 is 0 Å². The van der Waals surface area contributed by atoms with E-state index in [0.717, 1.165) is 18.1 Å². The van der Waals surface area contributed by atoms with E-state index in [-0.39, 0.29) is 30.0 Å². The number of hydrogen-bond acceptors (Lipinski definition) is 6. The van der Waals surface area contributed by atoms with Gasteiger partial charge in [-0.15, -0.1) is 0 Å². The van der Waals surface area contributed by atoms with Gasteiger partial charge in [0.05, 0.1) is 12.8 Å². The highest BCUT2D eigenvalue weighted by atomic mass is 32.2. The SMILES string of the molecule is COC(=O)c1ccc2c(c1OS(=O)(=O)C(F)(F)F)CCC(=O)N2C. The Morgan fingerprint density at radius 1 is 1.25 bits per heavy atom. The minimum absolute atomic E-state index is 0.00725. The number of methoxy groups -OCH3 is 1. The van der Waals surface area contributed by atoms with Gasteiger partial charge in [0.25, 0.3) is 0 Å². The average molecular weight is 367 g/mol. The lowest BCUT2D eigenvalue weighted by atomic mass is 9.97. The molecule has 1 amide bonds. The Balaban J connectivity index is 2.67. The zero-order chi connectivity index (χ0) is 18.3. The lowest BCUT2D eigenvalue weighted by molar-refractivity contribution is -0.118. The molecule has 0 fully saturated rings. The van der Waals surface area contributed by atoms with E-state index in [1.165, 1.54) is 13.1 Å². The number of ether oxygens (including phenoxy) is 1. The Morgan fingerprint density at radius 3 is 2.42 bits per heavy atom. The number of carbonyl (C=O) groups is 2. The summed E-state index contributed by atoms with van der Waals surface area (Å²) in [6.07, 6.45) is -0.150. The molecule has 1 aromatic rings. The van der Waals surface area contributed by atoms with E-state index in [0.29, 0.717) is 0 Å². The first-order valence-electron chi connectivity index (χ1n) is 6.51. The summed E-state index contributed by atoms with van der Waals surface area (Å²) in [4.78, 5) is 24.6. The molecule has 0 bridgehead atoms. The van der Waals surface area contributed by atoms with Gasteiger partial charge in [-0.3, -0.25) is 4.79 Å². The fraction of sp³-hybridized carbons (Fsp3) is 0.385. The molecule has 7 nitrogen and oxygen atoms in total. The summed E-state index contributed by atoms with van der Waals surface area (Å²) in [6.45, 7) is 0. The van der Waals surface area contributed by atoms with Gasteiger partial charge in [-0.05, 0) is 18.6 Å². The maximum Gasteiger partial charge on any atom is 0.534 e. The summed E-state index contributed by atoms with van der Waals surface area (Å²) < 4.78 is 69.2. The maximum absolute atomic E-state index is 12.6. The number of alkyl halides is 3. The van der Waals surface area contributed by atoms with Crippen LogP contribution in [-0.4, -0.2) is 40.0 Å². The van der Waals surface area contributed by atoms with Crippen molar-refractivity contribution in [2.24, 2.45) is 0 Å². The molecule has 0 aromatic heterocycles. The Labute approximate surface area is 135 Å². The summed E-state index contributed by atoms with van der Waals surface area (Å²) in [5.41, 5.74) is -5.98. The van der Waals surface area contributed by atoms with Gasteiger partial charge in [-0.1, -0.05) is 0 Å². The number of nitrogens with zero attached hydrogens (tertiary/aromatic N) is 1. The molecule has 1 aliphatic rings. The van der Waals surface area contributed by atoms with Crippen molar-refractivity contribution in [2.45, 2.75) is 18.3 Å². The Hall–Kier alpha value is -2.30. The number of hydrogen-bond donors (Lipinski definition) is 0. The van der Waals surface area contributed by atoms with Gasteiger partial charge in [0.2, 0.25) is 5.91 Å². The average Bonchev–Trinajstić information content (AvgIpc) is 2.49. The van der Waals surface area contributed by atoms with Gasteiger partial charge in [-0.25, -0.2) is 4.79 Å². The number of amides is 1. The smallest absolute Gasteiger partial charge is 0.465 e. The zero-order valence-electron chi connectivity index (χ0n) is 12.5. The second kappa shape index (κ2) is 5.96. The Morgan fingerprint density at radius 2 is 1.88 bits per heavy atom. The number of benzene rings is 1. The molecule has 2 rings (SSSR count). The molecule has 1 aliphatic heterocycles. The first-order valence-corrected chi connectivity index (χ1v) is 7.92. The summed E-state index contributed by atoms with van der Waals surface area (Å²) in [5.74, 6) is -2.15. The molecule has 1 aromatic carbocycles. The molecule has 11 heteroatoms. The molecule has 0 N–H and O–H groups in total. The number of anilines is 1. The van der Waals surface area contributed by atoms with E-state index in [2.05, 4.69) is 8.92 Å². The van der Waals surface area contributed by atoms with Crippen LogP contribution in [0.15, 0.2) is 12.1 Å². The van der Waals surface area contributed by atoms with Crippen LogP contribution in [0.5, 0.6) is 5.75 Å². The van der Waals surface area contributed by atoms with Gasteiger partial charge in [-0.2, -0.15) is 21.6 Å². The summed E-state index contributed by atoms with van der Waals surface area (Å²) in [6, 6.07) is 2.35. The standard InChI is InChI=1S/C13H12F3NO6S/c1-17-9-5-3-8(12(19)22-2)11(7(9)4-6-10(17)18)23-24(20,21)13(14,15)16/h3,5H,4,6H2,1-2H3. The first-order chi connectivity index (χ1) is 11.0. The molecule has 0 spiro atoms. The van der Waals surface area contributed by atoms with Crippen molar-refractivity contribution >= 4 is 27.7 Å². The van der Waals surface area contributed by atoms with Crippen LogP contribution in [0.1, 0.15) is 22.3 Å². The van der Waals surface area contributed by atoms with Crippen LogP contribution in [0.2, 0.25) is 0 Å². The first kappa shape index (κ1) is 18.0. The van der Waals surface area contributed by atoms with E-state index >= 15 is 0 Å². The molecule has 0 atom stereocenters. The molecule has 0 aliphatic carbocycles. The van der Waals surface area contributed by atoms with Crippen LogP contribution in [-0.2, 0) is 26.1 Å². The van der Waals surface area contributed by atoms with Gasteiger partial charge in [0, 0.05) is 19.0 Å². The van der Waals surface area contributed by atoms with Crippen molar-refractivity contribution in [3.8, 4) is 5.75 Å². The number of fused-ring (bicyclic) bond motifs is 1. The van der Waals surface area contributed by atoms with Crippen molar-refractivity contribution in [1.29, 1.82) is 0 Å². The van der Waals surface area contributed by atoms with Gasteiger partial charge in [0.1, 0.15) is 5.56 Å². The highest BCUT2D eigenvalue weighted by Gasteiger charge is 2.49. The molecule has 1 heterocycles. The molecular formula is C13H12F3NO6S. The number of rotatable bonds is 3. The van der Waals surface area contributed by atoms with Crippen LogP contribution in [0.3, 0.4) is 0 Å². The molecule has 0 saturated heterocycles. The summed E-state index contributed by atoms with van der Waals surface area (Å²) in [5, 5.41) is 0. The normalized spacial score (nSPS) is 15.0. The largest absolute Gasteiger partial charge is 0.534 e. The van der Waals surface area contributed by atoms with E-state index in [4.69, 9.17) is 0 Å². The third-order valence-electron chi connectivity index (χ3n) is 3.44. The van der Waals surface area contributed by atoms with Crippen molar-refractivity contribution < 1.29 is 40.1 Å². The van der Waals surface area contributed by atoms with E-state index in [1.807, 2.05) is 0 Å². The molecule has 132 valence electrons. The van der Waals surface area contributed by atoms with Gasteiger partial charge >= 0.3 is 21.6 Å². The third kappa shape index (κ3) is 3.03. The van der Waals surface area contributed by atoms with Crippen molar-refractivity contribution in [3.05, 3.63) is 23.3 Å². The number of carbonyl (C=O) groups excluding carboxylic acids is 2. The number of halogens is 3. The Kier molecular flexibility index (Phi) is 4.48. The molecule has 0 saturated carbocycles. The maximum atomic E-state index is 12.6. The fourth-order valence-corrected chi connectivity index (χ4v) is 2.73. The van der Waals surface area contributed by atoms with Crippen LogP contribution in [0.25, 0.3) is 0 Å². The second-order valence-electron chi connectivity index (χ2n) is 4.87. The summed E-state index contributed by atoms with van der Waals surface area (Å²) >= 11 is 0. The van der Waals surface area contributed by atoms with E-state index < -0.39 is 32.9 Å². The van der Waals surface area contributed by atoms with Crippen molar-refractivity contribution in [1.82, 2.24) is 0 Å². The highest BCUT2D eigenvalue weighted by Crippen LogP contribution is 2.39. The molecular weight excluding hydrogens is 355 g/mol. The minimum atomic E-state index is -5.99. The lowest BCUT2D eigenvalue weighted by Gasteiger charge is -2.28. The molecule has 0 radical (unpaired) electrons. The Bertz CT molecular complexity index is 803. The third-order valence-corrected chi connectivity index (χ3v) is 4.39. The minimum Gasteiger partial charge on any atom is -0.465 e.